The van der Waals surface area contributed by atoms with Gasteiger partial charge in [-0.1, -0.05) is 32.3 Å². The molecule has 0 saturated heterocycles. The van der Waals surface area contributed by atoms with Gasteiger partial charge in [-0.2, -0.15) is 0 Å². The van der Waals surface area contributed by atoms with E-state index in [9.17, 15) is 0 Å². The Morgan fingerprint density at radius 1 is 1.05 bits per heavy atom. The van der Waals surface area contributed by atoms with Crippen LogP contribution in [0.3, 0.4) is 0 Å². The third-order valence-electron chi connectivity index (χ3n) is 4.48. The van der Waals surface area contributed by atoms with Crippen LogP contribution in [0.5, 0.6) is 0 Å². The normalized spacial score (nSPS) is 16.1. The maximum atomic E-state index is 4.48. The van der Waals surface area contributed by atoms with Crippen LogP contribution in [0, 0.1) is 0 Å². The van der Waals surface area contributed by atoms with Crippen molar-refractivity contribution in [2.45, 2.75) is 51.6 Å². The summed E-state index contributed by atoms with van der Waals surface area (Å²) in [5.74, 6) is 0.699. The molecule has 22 heavy (non-hydrogen) atoms. The lowest BCUT2D eigenvalue weighted by Gasteiger charge is -2.33. The summed E-state index contributed by atoms with van der Waals surface area (Å²) in [6, 6.07) is 6.53. The lowest BCUT2D eigenvalue weighted by Crippen LogP contribution is -2.36. The average Bonchev–Trinajstić information content (AvgIpc) is 2.62. The molecule has 0 aromatic carbocycles. The quantitative estimate of drug-likeness (QED) is 0.844. The minimum atomic E-state index is 0.699. The second kappa shape index (κ2) is 7.45. The van der Waals surface area contributed by atoms with Gasteiger partial charge in [0, 0.05) is 36.7 Å². The monoisotopic (exact) mass is 296 g/mol. The van der Waals surface area contributed by atoms with E-state index in [4.69, 9.17) is 0 Å². The highest BCUT2D eigenvalue weighted by molar-refractivity contribution is 5.47. The summed E-state index contributed by atoms with van der Waals surface area (Å²) in [7, 11) is 0. The highest BCUT2D eigenvalue weighted by atomic mass is 15.1. The highest BCUT2D eigenvalue weighted by Crippen LogP contribution is 2.23. The van der Waals surface area contributed by atoms with Crippen LogP contribution in [0.25, 0.3) is 11.5 Å². The van der Waals surface area contributed by atoms with Crippen LogP contribution in [0.1, 0.15) is 44.6 Å². The molecule has 1 aliphatic rings. The van der Waals surface area contributed by atoms with Crippen molar-refractivity contribution in [3.05, 3.63) is 42.4 Å². The SMILES string of the molecule is CCN(Cc1cnc(-c2ccccn2)nc1)C1CCCCC1. The molecule has 0 unspecified atom stereocenters. The van der Waals surface area contributed by atoms with Crippen molar-refractivity contribution < 1.29 is 0 Å². The summed E-state index contributed by atoms with van der Waals surface area (Å²) in [6.07, 6.45) is 12.5. The number of hydrogen-bond donors (Lipinski definition) is 0. The van der Waals surface area contributed by atoms with E-state index in [-0.39, 0.29) is 0 Å². The predicted octanol–water partition coefficient (Wildman–Crippen LogP) is 3.69. The van der Waals surface area contributed by atoms with Crippen molar-refractivity contribution in [1.29, 1.82) is 0 Å². The van der Waals surface area contributed by atoms with Crippen LogP contribution in [0.2, 0.25) is 0 Å². The van der Waals surface area contributed by atoms with Crippen LogP contribution in [-0.4, -0.2) is 32.4 Å². The molecule has 1 saturated carbocycles. The molecule has 0 spiro atoms. The van der Waals surface area contributed by atoms with Gasteiger partial charge < -0.3 is 0 Å². The smallest absolute Gasteiger partial charge is 0.178 e. The van der Waals surface area contributed by atoms with Crippen molar-refractivity contribution in [2.24, 2.45) is 0 Å². The Morgan fingerprint density at radius 3 is 2.45 bits per heavy atom. The van der Waals surface area contributed by atoms with E-state index in [1.807, 2.05) is 30.6 Å². The van der Waals surface area contributed by atoms with E-state index in [1.165, 1.54) is 37.7 Å². The van der Waals surface area contributed by atoms with E-state index in [0.29, 0.717) is 5.82 Å². The molecule has 2 heterocycles. The molecule has 0 radical (unpaired) electrons. The van der Waals surface area contributed by atoms with Crippen molar-refractivity contribution >= 4 is 0 Å². The zero-order chi connectivity index (χ0) is 15.2. The summed E-state index contributed by atoms with van der Waals surface area (Å²) >= 11 is 0. The second-order valence-electron chi connectivity index (χ2n) is 5.98. The van der Waals surface area contributed by atoms with Gasteiger partial charge in [0.25, 0.3) is 0 Å². The molecule has 3 rings (SSSR count). The highest BCUT2D eigenvalue weighted by Gasteiger charge is 2.20. The first-order valence-electron chi connectivity index (χ1n) is 8.33. The van der Waals surface area contributed by atoms with E-state index in [2.05, 4.69) is 26.8 Å². The Balaban J connectivity index is 1.67. The van der Waals surface area contributed by atoms with Gasteiger partial charge in [-0.05, 0) is 31.5 Å². The van der Waals surface area contributed by atoms with Crippen LogP contribution in [0.15, 0.2) is 36.8 Å². The van der Waals surface area contributed by atoms with Crippen LogP contribution < -0.4 is 0 Å². The van der Waals surface area contributed by atoms with Gasteiger partial charge in [-0.3, -0.25) is 9.88 Å². The van der Waals surface area contributed by atoms with E-state index in [1.54, 1.807) is 6.20 Å². The van der Waals surface area contributed by atoms with Gasteiger partial charge in [0.2, 0.25) is 0 Å². The van der Waals surface area contributed by atoms with E-state index in [0.717, 1.165) is 24.8 Å². The molecule has 0 N–H and O–H groups in total. The Bertz CT molecular complexity index is 561. The van der Waals surface area contributed by atoms with Gasteiger partial charge in [-0.15, -0.1) is 0 Å². The molecule has 1 fully saturated rings. The Morgan fingerprint density at radius 2 is 1.82 bits per heavy atom. The molecule has 0 aliphatic heterocycles. The topological polar surface area (TPSA) is 41.9 Å². The van der Waals surface area contributed by atoms with Crippen molar-refractivity contribution in [2.75, 3.05) is 6.54 Å². The maximum absolute atomic E-state index is 4.48. The summed E-state index contributed by atoms with van der Waals surface area (Å²) in [6.45, 7) is 4.29. The molecular weight excluding hydrogens is 272 g/mol. The first-order valence-corrected chi connectivity index (χ1v) is 8.33. The van der Waals surface area contributed by atoms with Crippen LogP contribution >= 0.6 is 0 Å². The average molecular weight is 296 g/mol. The number of rotatable bonds is 5. The molecule has 4 heteroatoms. The van der Waals surface area contributed by atoms with Crippen LogP contribution in [0.4, 0.5) is 0 Å². The van der Waals surface area contributed by atoms with Crippen molar-refractivity contribution in [3.8, 4) is 11.5 Å². The number of pyridine rings is 1. The summed E-state index contributed by atoms with van der Waals surface area (Å²) < 4.78 is 0. The molecule has 0 bridgehead atoms. The van der Waals surface area contributed by atoms with Crippen LogP contribution in [-0.2, 0) is 6.54 Å². The van der Waals surface area contributed by atoms with Crippen molar-refractivity contribution in [1.82, 2.24) is 19.9 Å². The minimum Gasteiger partial charge on any atom is -0.296 e. The Labute approximate surface area is 132 Å². The van der Waals surface area contributed by atoms with Gasteiger partial charge in [-0.25, -0.2) is 9.97 Å². The van der Waals surface area contributed by atoms with Gasteiger partial charge in [0.15, 0.2) is 5.82 Å². The molecule has 0 amide bonds. The Hall–Kier alpha value is -1.81. The zero-order valence-corrected chi connectivity index (χ0v) is 13.3. The molecule has 4 nitrogen and oxygen atoms in total. The first kappa shape index (κ1) is 15.1. The Kier molecular flexibility index (Phi) is 5.11. The minimum absolute atomic E-state index is 0.699. The molecule has 2 aromatic rings. The molecule has 1 aliphatic carbocycles. The lowest BCUT2D eigenvalue weighted by molar-refractivity contribution is 0.155. The fourth-order valence-corrected chi connectivity index (χ4v) is 3.24. The van der Waals surface area contributed by atoms with E-state index < -0.39 is 0 Å². The molecular formula is C18H24N4. The molecule has 2 aromatic heterocycles. The predicted molar refractivity (Wildman–Crippen MR) is 88.2 cm³/mol. The molecule has 116 valence electrons. The summed E-state index contributed by atoms with van der Waals surface area (Å²) in [5, 5.41) is 0. The zero-order valence-electron chi connectivity index (χ0n) is 13.3. The summed E-state index contributed by atoms with van der Waals surface area (Å²) in [4.78, 5) is 15.8. The van der Waals surface area contributed by atoms with Gasteiger partial charge >= 0.3 is 0 Å². The largest absolute Gasteiger partial charge is 0.296 e. The maximum Gasteiger partial charge on any atom is 0.178 e. The van der Waals surface area contributed by atoms with Gasteiger partial charge in [0.05, 0.1) is 0 Å². The number of nitrogens with zero attached hydrogens (tertiary/aromatic N) is 4. The standard InChI is InChI=1S/C18H24N4/c1-2-22(16-8-4-3-5-9-16)14-15-12-20-18(21-13-15)17-10-6-7-11-19-17/h6-7,10-13,16H,2-5,8-9,14H2,1H3. The third kappa shape index (κ3) is 3.69. The number of hydrogen-bond acceptors (Lipinski definition) is 4. The summed E-state index contributed by atoms with van der Waals surface area (Å²) in [5.41, 5.74) is 2.01. The second-order valence-corrected chi connectivity index (χ2v) is 5.98. The van der Waals surface area contributed by atoms with Crippen molar-refractivity contribution in [3.63, 3.8) is 0 Å². The number of aromatic nitrogens is 3. The fraction of sp³-hybridized carbons (Fsp3) is 0.500. The lowest BCUT2D eigenvalue weighted by atomic mass is 9.94. The third-order valence-corrected chi connectivity index (χ3v) is 4.48. The fourth-order valence-electron chi connectivity index (χ4n) is 3.24. The first-order chi connectivity index (χ1) is 10.9. The van der Waals surface area contributed by atoms with Gasteiger partial charge in [0.1, 0.15) is 5.69 Å². The molecule has 0 atom stereocenters. The van der Waals surface area contributed by atoms with E-state index >= 15 is 0 Å².